The summed E-state index contributed by atoms with van der Waals surface area (Å²) < 4.78 is 0. The van der Waals surface area contributed by atoms with Crippen LogP contribution in [-0.2, 0) is 0 Å². The second kappa shape index (κ2) is 5.76. The molecule has 0 radical (unpaired) electrons. The van der Waals surface area contributed by atoms with E-state index in [1.165, 1.54) is 0 Å². The van der Waals surface area contributed by atoms with Crippen molar-refractivity contribution in [3.63, 3.8) is 0 Å². The molecule has 1 fully saturated rings. The third-order valence-electron chi connectivity index (χ3n) is 4.34. The highest BCUT2D eigenvalue weighted by Gasteiger charge is 2.22. The lowest BCUT2D eigenvalue weighted by Crippen LogP contribution is -2.49. The van der Waals surface area contributed by atoms with Crippen LogP contribution >= 0.6 is 0 Å². The molecule has 0 spiro atoms. The van der Waals surface area contributed by atoms with Gasteiger partial charge in [0.15, 0.2) is 0 Å². The molecule has 23 heavy (non-hydrogen) atoms. The highest BCUT2D eigenvalue weighted by molar-refractivity contribution is 5.98. The summed E-state index contributed by atoms with van der Waals surface area (Å²) in [5, 5.41) is 1.07. The van der Waals surface area contributed by atoms with Crippen LogP contribution in [0.15, 0.2) is 54.9 Å². The van der Waals surface area contributed by atoms with Gasteiger partial charge in [-0.15, -0.1) is 0 Å². The van der Waals surface area contributed by atoms with Gasteiger partial charge >= 0.3 is 0 Å². The van der Waals surface area contributed by atoms with Crippen molar-refractivity contribution in [1.29, 1.82) is 0 Å². The highest BCUT2D eigenvalue weighted by Crippen LogP contribution is 2.18. The fourth-order valence-electron chi connectivity index (χ4n) is 3.05. The molecule has 0 unspecified atom stereocenters. The number of H-pyrrole nitrogens is 1. The van der Waals surface area contributed by atoms with Gasteiger partial charge in [0.05, 0.1) is 0 Å². The average molecular weight is 306 g/mol. The molecule has 3 heterocycles. The number of benzene rings is 1. The molecule has 1 N–H and O–H groups in total. The van der Waals surface area contributed by atoms with Gasteiger partial charge in [-0.1, -0.05) is 6.07 Å². The summed E-state index contributed by atoms with van der Waals surface area (Å²) in [6.45, 7) is 3.07. The van der Waals surface area contributed by atoms with Gasteiger partial charge in [-0.25, -0.2) is 4.98 Å². The summed E-state index contributed by atoms with van der Waals surface area (Å²) in [5.41, 5.74) is 1.81. The molecule has 2 aromatic heterocycles. The van der Waals surface area contributed by atoms with Crippen LogP contribution in [0, 0.1) is 0 Å². The van der Waals surface area contributed by atoms with Crippen molar-refractivity contribution in [3.05, 3.63) is 60.4 Å². The van der Waals surface area contributed by atoms with E-state index in [0.717, 1.165) is 48.5 Å². The zero-order valence-electron chi connectivity index (χ0n) is 12.8. The molecule has 0 aliphatic carbocycles. The topological polar surface area (TPSA) is 52.2 Å². The number of aromatic amines is 1. The van der Waals surface area contributed by atoms with Crippen LogP contribution in [0.5, 0.6) is 0 Å². The van der Waals surface area contributed by atoms with Gasteiger partial charge in [0.25, 0.3) is 5.91 Å². The lowest BCUT2D eigenvalue weighted by molar-refractivity contribution is 0.0746. The fraction of sp³-hybridized carbons (Fsp3) is 0.222. The van der Waals surface area contributed by atoms with Crippen LogP contribution in [-0.4, -0.2) is 47.0 Å². The Labute approximate surface area is 134 Å². The maximum Gasteiger partial charge on any atom is 0.253 e. The first-order valence-electron chi connectivity index (χ1n) is 7.84. The van der Waals surface area contributed by atoms with Crippen molar-refractivity contribution in [1.82, 2.24) is 14.9 Å². The predicted molar refractivity (Wildman–Crippen MR) is 90.7 cm³/mol. The Kier molecular flexibility index (Phi) is 3.46. The summed E-state index contributed by atoms with van der Waals surface area (Å²) in [7, 11) is 0. The number of rotatable bonds is 2. The Hall–Kier alpha value is -2.82. The van der Waals surface area contributed by atoms with Gasteiger partial charge in [-0.05, 0) is 36.4 Å². The molecule has 4 rings (SSSR count). The number of carbonyl (C=O) groups excluding carboxylic acids is 1. The van der Waals surface area contributed by atoms with Crippen LogP contribution in [0.2, 0.25) is 0 Å². The van der Waals surface area contributed by atoms with Crippen molar-refractivity contribution in [2.45, 2.75) is 0 Å². The largest absolute Gasteiger partial charge is 0.361 e. The lowest BCUT2D eigenvalue weighted by Gasteiger charge is -2.35. The van der Waals surface area contributed by atoms with Crippen LogP contribution in [0.4, 0.5) is 5.82 Å². The normalized spacial score (nSPS) is 15.1. The van der Waals surface area contributed by atoms with Crippen LogP contribution in [0.1, 0.15) is 10.4 Å². The Morgan fingerprint density at radius 3 is 2.70 bits per heavy atom. The number of hydrogen-bond acceptors (Lipinski definition) is 3. The van der Waals surface area contributed by atoms with Crippen molar-refractivity contribution >= 4 is 22.6 Å². The summed E-state index contributed by atoms with van der Waals surface area (Å²) in [6, 6.07) is 13.7. The molecule has 0 bridgehead atoms. The molecule has 5 nitrogen and oxygen atoms in total. The first-order chi connectivity index (χ1) is 11.3. The fourth-order valence-corrected chi connectivity index (χ4v) is 3.05. The van der Waals surface area contributed by atoms with Crippen molar-refractivity contribution in [3.8, 4) is 0 Å². The first-order valence-corrected chi connectivity index (χ1v) is 7.84. The van der Waals surface area contributed by atoms with E-state index in [1.54, 1.807) is 6.20 Å². The molecule has 1 aliphatic heterocycles. The third-order valence-corrected chi connectivity index (χ3v) is 4.34. The molecule has 1 aliphatic rings. The number of nitrogens with one attached hydrogen (secondary N) is 1. The summed E-state index contributed by atoms with van der Waals surface area (Å²) in [5.74, 6) is 1.09. The van der Waals surface area contributed by atoms with E-state index >= 15 is 0 Å². The first kappa shape index (κ1) is 13.8. The van der Waals surface area contributed by atoms with E-state index in [2.05, 4.69) is 14.9 Å². The number of anilines is 1. The second-order valence-corrected chi connectivity index (χ2v) is 5.75. The van der Waals surface area contributed by atoms with Crippen molar-refractivity contribution in [2.24, 2.45) is 0 Å². The summed E-state index contributed by atoms with van der Waals surface area (Å²) in [4.78, 5) is 24.4. The Morgan fingerprint density at radius 2 is 1.91 bits per heavy atom. The number of aromatic nitrogens is 2. The van der Waals surface area contributed by atoms with Crippen LogP contribution in [0.25, 0.3) is 10.9 Å². The molecule has 1 amide bonds. The van der Waals surface area contributed by atoms with E-state index in [0.29, 0.717) is 0 Å². The van der Waals surface area contributed by atoms with Crippen molar-refractivity contribution < 1.29 is 4.79 Å². The summed E-state index contributed by atoms with van der Waals surface area (Å²) in [6.07, 6.45) is 3.70. The quantitative estimate of drug-likeness (QED) is 0.791. The smallest absolute Gasteiger partial charge is 0.253 e. The lowest BCUT2D eigenvalue weighted by atomic mass is 10.1. The van der Waals surface area contributed by atoms with E-state index in [9.17, 15) is 4.79 Å². The summed E-state index contributed by atoms with van der Waals surface area (Å²) >= 11 is 0. The molecule has 1 aromatic carbocycles. The second-order valence-electron chi connectivity index (χ2n) is 5.75. The molecule has 0 saturated carbocycles. The molecule has 0 atom stereocenters. The van der Waals surface area contributed by atoms with Crippen LogP contribution < -0.4 is 4.90 Å². The number of carbonyl (C=O) groups is 1. The number of amides is 1. The van der Waals surface area contributed by atoms with E-state index in [-0.39, 0.29) is 5.91 Å². The molecular formula is C18H18N4O. The van der Waals surface area contributed by atoms with Gasteiger partial charge in [0.2, 0.25) is 0 Å². The number of piperazine rings is 1. The van der Waals surface area contributed by atoms with Gasteiger partial charge in [-0.2, -0.15) is 0 Å². The van der Waals surface area contributed by atoms with E-state index < -0.39 is 0 Å². The van der Waals surface area contributed by atoms with Crippen LogP contribution in [0.3, 0.4) is 0 Å². The SMILES string of the molecule is O=C(c1ccc2[nH]ccc2c1)N1CCN(c2ccccn2)CC1. The van der Waals surface area contributed by atoms with Crippen molar-refractivity contribution in [2.75, 3.05) is 31.1 Å². The molecule has 116 valence electrons. The van der Waals surface area contributed by atoms with E-state index in [1.807, 2.05) is 53.6 Å². The Morgan fingerprint density at radius 1 is 1.04 bits per heavy atom. The molecule has 3 aromatic rings. The highest BCUT2D eigenvalue weighted by atomic mass is 16.2. The number of pyridine rings is 1. The number of fused-ring (bicyclic) bond motifs is 1. The minimum absolute atomic E-state index is 0.105. The van der Waals surface area contributed by atoms with Gasteiger partial charge in [-0.3, -0.25) is 4.79 Å². The Balaban J connectivity index is 1.46. The number of hydrogen-bond donors (Lipinski definition) is 1. The zero-order chi connectivity index (χ0) is 15.6. The number of nitrogens with zero attached hydrogens (tertiary/aromatic N) is 3. The zero-order valence-corrected chi connectivity index (χ0v) is 12.8. The minimum atomic E-state index is 0.105. The minimum Gasteiger partial charge on any atom is -0.361 e. The average Bonchev–Trinajstić information content (AvgIpc) is 3.10. The molecule has 5 heteroatoms. The maximum absolute atomic E-state index is 12.7. The monoisotopic (exact) mass is 306 g/mol. The third kappa shape index (κ3) is 2.65. The van der Waals surface area contributed by atoms with Gasteiger partial charge < -0.3 is 14.8 Å². The van der Waals surface area contributed by atoms with E-state index in [4.69, 9.17) is 0 Å². The standard InChI is InChI=1S/C18H18N4O/c23-18(15-4-5-16-14(13-15)6-8-19-16)22-11-9-21(10-12-22)17-3-1-2-7-20-17/h1-8,13,19H,9-12H2. The molecular weight excluding hydrogens is 288 g/mol. The molecule has 1 saturated heterocycles. The van der Waals surface area contributed by atoms with Gasteiger partial charge in [0, 0.05) is 55.0 Å². The predicted octanol–water partition coefficient (Wildman–Crippen LogP) is 2.53. The van der Waals surface area contributed by atoms with Gasteiger partial charge in [0.1, 0.15) is 5.82 Å². The maximum atomic E-state index is 12.7. The Bertz CT molecular complexity index is 819.